The topological polar surface area (TPSA) is 75.7 Å². The molecule has 31 heavy (non-hydrogen) atoms. The second-order valence-electron chi connectivity index (χ2n) is 7.73. The van der Waals surface area contributed by atoms with E-state index in [0.29, 0.717) is 29.7 Å². The van der Waals surface area contributed by atoms with Crippen LogP contribution in [0.15, 0.2) is 55.1 Å². The Morgan fingerprint density at radius 1 is 1.23 bits per heavy atom. The van der Waals surface area contributed by atoms with Crippen molar-refractivity contribution in [3.05, 3.63) is 77.6 Å². The molecule has 2 heterocycles. The first kappa shape index (κ1) is 20.9. The minimum Gasteiger partial charge on any atom is -0.368 e. The summed E-state index contributed by atoms with van der Waals surface area (Å²) in [6.07, 6.45) is 2.04. The Kier molecular flexibility index (Phi) is 5.95. The van der Waals surface area contributed by atoms with Gasteiger partial charge in [-0.25, -0.2) is 4.39 Å². The Morgan fingerprint density at radius 3 is 2.71 bits per heavy atom. The molecule has 0 saturated carbocycles. The Bertz CT molecular complexity index is 1020. The van der Waals surface area contributed by atoms with Crippen LogP contribution in [0, 0.1) is 5.82 Å². The number of hydrogen-bond acceptors (Lipinski definition) is 4. The van der Waals surface area contributed by atoms with Crippen LogP contribution in [0.1, 0.15) is 27.9 Å². The van der Waals surface area contributed by atoms with Gasteiger partial charge in [0, 0.05) is 18.5 Å². The van der Waals surface area contributed by atoms with Crippen molar-refractivity contribution >= 4 is 23.7 Å². The number of benzene rings is 2. The number of carbonyl (C=O) groups is 3. The van der Waals surface area contributed by atoms with Gasteiger partial charge in [0.15, 0.2) is 5.78 Å². The van der Waals surface area contributed by atoms with Crippen molar-refractivity contribution in [3.8, 4) is 0 Å². The van der Waals surface area contributed by atoms with Crippen LogP contribution in [-0.4, -0.2) is 53.8 Å². The number of ether oxygens (including phenoxy) is 1. The van der Waals surface area contributed by atoms with Gasteiger partial charge in [0.2, 0.25) is 5.91 Å². The first-order valence-corrected chi connectivity index (χ1v) is 10.2. The standard InChI is InChI=1S/C24H23FN2O4/c1-2-16-5-3-4-6-18(16)23(29)26-19(13-15-7-9-17(25)10-8-15)24(30)27-12-11-21-22(27)20(28)14-31-21/h2-10,19,21-22H,1,11-14H2,(H,26,29). The van der Waals surface area contributed by atoms with Crippen LogP contribution in [-0.2, 0) is 20.7 Å². The number of ketones is 1. The Balaban J connectivity index is 1.60. The monoisotopic (exact) mass is 422 g/mol. The predicted molar refractivity (Wildman–Crippen MR) is 113 cm³/mol. The summed E-state index contributed by atoms with van der Waals surface area (Å²) in [6.45, 7) is 4.12. The molecule has 1 N–H and O–H groups in total. The molecule has 2 saturated heterocycles. The van der Waals surface area contributed by atoms with Crippen molar-refractivity contribution in [1.82, 2.24) is 10.2 Å². The zero-order valence-corrected chi connectivity index (χ0v) is 16.9. The van der Waals surface area contributed by atoms with Crippen LogP contribution < -0.4 is 5.32 Å². The van der Waals surface area contributed by atoms with Gasteiger partial charge in [0.1, 0.15) is 24.5 Å². The highest BCUT2D eigenvalue weighted by Crippen LogP contribution is 2.28. The number of likely N-dealkylation sites (tertiary alicyclic amines) is 1. The van der Waals surface area contributed by atoms with Crippen molar-refractivity contribution in [2.45, 2.75) is 31.0 Å². The molecule has 2 fully saturated rings. The minimum absolute atomic E-state index is 0.000805. The van der Waals surface area contributed by atoms with Gasteiger partial charge in [0.25, 0.3) is 5.91 Å². The van der Waals surface area contributed by atoms with E-state index in [-0.39, 0.29) is 36.6 Å². The molecule has 0 spiro atoms. The van der Waals surface area contributed by atoms with Crippen LogP contribution in [0.2, 0.25) is 0 Å². The second-order valence-corrected chi connectivity index (χ2v) is 7.73. The third-order valence-corrected chi connectivity index (χ3v) is 5.78. The second kappa shape index (κ2) is 8.81. The summed E-state index contributed by atoms with van der Waals surface area (Å²) in [4.78, 5) is 40.2. The molecule has 7 heteroatoms. The maximum Gasteiger partial charge on any atom is 0.252 e. The molecule has 2 amide bonds. The molecule has 2 aromatic rings. The summed E-state index contributed by atoms with van der Waals surface area (Å²) in [7, 11) is 0. The van der Waals surface area contributed by atoms with E-state index < -0.39 is 18.0 Å². The number of fused-ring (bicyclic) bond motifs is 1. The molecule has 2 aliphatic heterocycles. The summed E-state index contributed by atoms with van der Waals surface area (Å²) >= 11 is 0. The number of amides is 2. The summed E-state index contributed by atoms with van der Waals surface area (Å²) < 4.78 is 18.8. The van der Waals surface area contributed by atoms with Gasteiger partial charge in [-0.15, -0.1) is 0 Å². The average molecular weight is 422 g/mol. The van der Waals surface area contributed by atoms with E-state index in [1.807, 2.05) is 0 Å². The summed E-state index contributed by atoms with van der Waals surface area (Å²) in [6, 6.07) is 11.2. The molecule has 6 nitrogen and oxygen atoms in total. The third-order valence-electron chi connectivity index (χ3n) is 5.78. The van der Waals surface area contributed by atoms with E-state index in [1.165, 1.54) is 17.0 Å². The molecule has 4 rings (SSSR count). The Labute approximate surface area is 179 Å². The van der Waals surface area contributed by atoms with Gasteiger partial charge >= 0.3 is 0 Å². The molecule has 3 unspecified atom stereocenters. The maximum atomic E-state index is 13.4. The number of Topliss-reactive ketones (excluding diaryl/α,β-unsaturated/α-hetero) is 1. The lowest BCUT2D eigenvalue weighted by Crippen LogP contribution is -2.53. The van der Waals surface area contributed by atoms with Gasteiger partial charge in [0.05, 0.1) is 6.10 Å². The summed E-state index contributed by atoms with van der Waals surface area (Å²) in [5.74, 6) is -1.27. The molecular weight excluding hydrogens is 399 g/mol. The molecule has 0 aliphatic carbocycles. The first-order valence-electron chi connectivity index (χ1n) is 10.2. The Morgan fingerprint density at radius 2 is 1.97 bits per heavy atom. The average Bonchev–Trinajstić information content (AvgIpc) is 3.37. The van der Waals surface area contributed by atoms with Gasteiger partial charge in [-0.2, -0.15) is 0 Å². The van der Waals surface area contributed by atoms with Gasteiger partial charge < -0.3 is 15.0 Å². The first-order chi connectivity index (χ1) is 15.0. The zero-order chi connectivity index (χ0) is 22.0. The Hall–Kier alpha value is -3.32. The van der Waals surface area contributed by atoms with E-state index in [0.717, 1.165) is 0 Å². The fourth-order valence-corrected chi connectivity index (χ4v) is 4.22. The minimum atomic E-state index is -0.914. The van der Waals surface area contributed by atoms with Gasteiger partial charge in [-0.3, -0.25) is 14.4 Å². The number of nitrogens with one attached hydrogen (secondary N) is 1. The maximum absolute atomic E-state index is 13.4. The normalized spacial score (nSPS) is 20.9. The van der Waals surface area contributed by atoms with E-state index in [9.17, 15) is 18.8 Å². The molecule has 0 bridgehead atoms. The zero-order valence-electron chi connectivity index (χ0n) is 16.9. The van der Waals surface area contributed by atoms with Gasteiger partial charge in [-0.05, 0) is 35.7 Å². The van der Waals surface area contributed by atoms with Crippen LogP contribution in [0.5, 0.6) is 0 Å². The summed E-state index contributed by atoms with van der Waals surface area (Å²) in [5.41, 5.74) is 1.74. The SMILES string of the molecule is C=Cc1ccccc1C(=O)NC(Cc1ccc(F)cc1)C(=O)N1CCC2OCC(=O)C21. The van der Waals surface area contributed by atoms with Crippen molar-refractivity contribution < 1.29 is 23.5 Å². The third kappa shape index (κ3) is 4.27. The number of hydrogen-bond donors (Lipinski definition) is 1. The fourth-order valence-electron chi connectivity index (χ4n) is 4.22. The van der Waals surface area contributed by atoms with Crippen molar-refractivity contribution in [3.63, 3.8) is 0 Å². The lowest BCUT2D eigenvalue weighted by Gasteiger charge is -2.28. The van der Waals surface area contributed by atoms with E-state index >= 15 is 0 Å². The largest absolute Gasteiger partial charge is 0.368 e. The summed E-state index contributed by atoms with van der Waals surface area (Å²) in [5, 5.41) is 2.82. The number of halogens is 1. The quantitative estimate of drug-likeness (QED) is 0.776. The molecule has 160 valence electrons. The van der Waals surface area contributed by atoms with Crippen molar-refractivity contribution in [2.24, 2.45) is 0 Å². The van der Waals surface area contributed by atoms with E-state index in [2.05, 4.69) is 11.9 Å². The van der Waals surface area contributed by atoms with Crippen LogP contribution >= 0.6 is 0 Å². The lowest BCUT2D eigenvalue weighted by atomic mass is 10.0. The molecule has 0 aromatic heterocycles. The molecule has 2 aromatic carbocycles. The predicted octanol–water partition coefficient (Wildman–Crippen LogP) is 2.38. The number of carbonyl (C=O) groups excluding carboxylic acids is 3. The molecule has 2 aliphatic rings. The molecule has 0 radical (unpaired) electrons. The molecule has 3 atom stereocenters. The lowest BCUT2D eigenvalue weighted by molar-refractivity contribution is -0.138. The van der Waals surface area contributed by atoms with E-state index in [1.54, 1.807) is 42.5 Å². The van der Waals surface area contributed by atoms with E-state index in [4.69, 9.17) is 4.74 Å². The van der Waals surface area contributed by atoms with Crippen molar-refractivity contribution in [2.75, 3.05) is 13.2 Å². The van der Waals surface area contributed by atoms with Crippen LogP contribution in [0.4, 0.5) is 4.39 Å². The van der Waals surface area contributed by atoms with Crippen LogP contribution in [0.25, 0.3) is 6.08 Å². The van der Waals surface area contributed by atoms with Crippen molar-refractivity contribution in [1.29, 1.82) is 0 Å². The molecular formula is C24H23FN2O4. The fraction of sp³-hybridized carbons (Fsp3) is 0.292. The number of nitrogens with zero attached hydrogens (tertiary/aromatic N) is 1. The van der Waals surface area contributed by atoms with Crippen LogP contribution in [0.3, 0.4) is 0 Å². The highest BCUT2D eigenvalue weighted by atomic mass is 19.1. The highest BCUT2D eigenvalue weighted by molar-refractivity contribution is 6.01. The highest BCUT2D eigenvalue weighted by Gasteiger charge is 2.48. The smallest absolute Gasteiger partial charge is 0.252 e. The van der Waals surface area contributed by atoms with Gasteiger partial charge in [-0.1, -0.05) is 43.0 Å². The number of rotatable bonds is 6.